The molecule has 1 heterocycles. The second-order valence-corrected chi connectivity index (χ2v) is 4.63. The number of nitriles is 1. The number of hydrogen-bond donors (Lipinski definition) is 1. The molecule has 1 aromatic heterocycles. The van der Waals surface area contributed by atoms with Gasteiger partial charge in [0.05, 0.1) is 6.07 Å². The SMILES string of the molecule is CC(C)CN(CCC#N)Cc1ccnc(N)c1. The summed E-state index contributed by atoms with van der Waals surface area (Å²) in [7, 11) is 0. The van der Waals surface area contributed by atoms with Gasteiger partial charge in [0.15, 0.2) is 0 Å². The van der Waals surface area contributed by atoms with Gasteiger partial charge in [0, 0.05) is 32.3 Å². The predicted molar refractivity (Wildman–Crippen MR) is 69.0 cm³/mol. The Morgan fingerprint density at radius 1 is 1.53 bits per heavy atom. The molecule has 0 aromatic carbocycles. The maximum absolute atomic E-state index is 8.65. The van der Waals surface area contributed by atoms with Crippen molar-refractivity contribution < 1.29 is 0 Å². The van der Waals surface area contributed by atoms with E-state index in [1.165, 1.54) is 0 Å². The molecule has 1 aromatic rings. The minimum Gasteiger partial charge on any atom is -0.384 e. The number of anilines is 1. The highest BCUT2D eigenvalue weighted by molar-refractivity contribution is 5.31. The van der Waals surface area contributed by atoms with Crippen molar-refractivity contribution in [1.29, 1.82) is 5.26 Å². The Balaban J connectivity index is 2.61. The van der Waals surface area contributed by atoms with Crippen molar-refractivity contribution >= 4 is 5.82 Å². The summed E-state index contributed by atoms with van der Waals surface area (Å²) in [4.78, 5) is 6.26. The molecule has 0 saturated carbocycles. The number of nitrogen functional groups attached to an aromatic ring is 1. The van der Waals surface area contributed by atoms with Crippen LogP contribution in [0, 0.1) is 17.2 Å². The average Bonchev–Trinajstić information content (AvgIpc) is 2.25. The highest BCUT2D eigenvalue weighted by Gasteiger charge is 2.08. The summed E-state index contributed by atoms with van der Waals surface area (Å²) in [5, 5.41) is 8.65. The lowest BCUT2D eigenvalue weighted by atomic mass is 10.1. The molecule has 0 atom stereocenters. The zero-order valence-electron chi connectivity index (χ0n) is 10.6. The number of pyridine rings is 1. The summed E-state index contributed by atoms with van der Waals surface area (Å²) in [6, 6.07) is 6.05. The third-order valence-corrected chi connectivity index (χ3v) is 2.41. The smallest absolute Gasteiger partial charge is 0.123 e. The van der Waals surface area contributed by atoms with Gasteiger partial charge < -0.3 is 5.73 Å². The number of aromatic nitrogens is 1. The summed E-state index contributed by atoms with van der Waals surface area (Å²) < 4.78 is 0. The summed E-state index contributed by atoms with van der Waals surface area (Å²) in [6.07, 6.45) is 2.29. The van der Waals surface area contributed by atoms with Gasteiger partial charge in [0.2, 0.25) is 0 Å². The first kappa shape index (κ1) is 13.5. The molecule has 2 N–H and O–H groups in total. The lowest BCUT2D eigenvalue weighted by molar-refractivity contribution is 0.241. The third-order valence-electron chi connectivity index (χ3n) is 2.41. The lowest BCUT2D eigenvalue weighted by Crippen LogP contribution is -2.28. The van der Waals surface area contributed by atoms with Gasteiger partial charge in [-0.15, -0.1) is 0 Å². The van der Waals surface area contributed by atoms with Crippen molar-refractivity contribution in [2.75, 3.05) is 18.8 Å². The molecular formula is C13H20N4. The zero-order chi connectivity index (χ0) is 12.7. The summed E-state index contributed by atoms with van der Waals surface area (Å²) in [5.74, 6) is 1.14. The van der Waals surface area contributed by atoms with Crippen LogP contribution in [0.15, 0.2) is 18.3 Å². The second kappa shape index (κ2) is 6.87. The Hall–Kier alpha value is -1.60. The third kappa shape index (κ3) is 5.32. The van der Waals surface area contributed by atoms with E-state index in [9.17, 15) is 0 Å². The molecule has 0 spiro atoms. The number of nitrogens with zero attached hydrogens (tertiary/aromatic N) is 3. The van der Waals surface area contributed by atoms with E-state index in [0.717, 1.165) is 25.2 Å². The van der Waals surface area contributed by atoms with E-state index in [1.54, 1.807) is 6.20 Å². The topological polar surface area (TPSA) is 65.9 Å². The summed E-state index contributed by atoms with van der Waals surface area (Å²) in [5.41, 5.74) is 6.80. The molecule has 4 nitrogen and oxygen atoms in total. The minimum atomic E-state index is 0.548. The van der Waals surface area contributed by atoms with Crippen LogP contribution in [-0.2, 0) is 6.54 Å². The molecule has 0 saturated heterocycles. The fourth-order valence-corrected chi connectivity index (χ4v) is 1.81. The van der Waals surface area contributed by atoms with Crippen LogP contribution in [0.3, 0.4) is 0 Å². The Bertz CT molecular complexity index is 381. The van der Waals surface area contributed by atoms with Crippen LogP contribution in [0.4, 0.5) is 5.82 Å². The van der Waals surface area contributed by atoms with Crippen LogP contribution < -0.4 is 5.73 Å². The van der Waals surface area contributed by atoms with Gasteiger partial charge in [-0.3, -0.25) is 4.90 Å². The summed E-state index contributed by atoms with van der Waals surface area (Å²) >= 11 is 0. The van der Waals surface area contributed by atoms with Crippen LogP contribution >= 0.6 is 0 Å². The van der Waals surface area contributed by atoms with Crippen LogP contribution in [0.5, 0.6) is 0 Å². The Morgan fingerprint density at radius 3 is 2.88 bits per heavy atom. The molecule has 0 aliphatic carbocycles. The van der Waals surface area contributed by atoms with Gasteiger partial charge in [-0.1, -0.05) is 13.8 Å². The van der Waals surface area contributed by atoms with Gasteiger partial charge in [-0.2, -0.15) is 5.26 Å². The zero-order valence-corrected chi connectivity index (χ0v) is 10.6. The van der Waals surface area contributed by atoms with Crippen LogP contribution in [-0.4, -0.2) is 23.0 Å². The molecule has 0 unspecified atom stereocenters. The number of hydrogen-bond acceptors (Lipinski definition) is 4. The normalized spacial score (nSPS) is 10.8. The maximum Gasteiger partial charge on any atom is 0.123 e. The van der Waals surface area contributed by atoms with E-state index in [0.29, 0.717) is 18.2 Å². The quantitative estimate of drug-likeness (QED) is 0.815. The molecule has 0 aliphatic rings. The molecule has 4 heteroatoms. The largest absolute Gasteiger partial charge is 0.384 e. The molecule has 0 radical (unpaired) electrons. The van der Waals surface area contributed by atoms with Crippen LogP contribution in [0.1, 0.15) is 25.8 Å². The van der Waals surface area contributed by atoms with Gasteiger partial charge >= 0.3 is 0 Å². The predicted octanol–water partition coefficient (Wildman–Crippen LogP) is 2.04. The molecular weight excluding hydrogens is 212 g/mol. The van der Waals surface area contributed by atoms with Crippen molar-refractivity contribution in [3.63, 3.8) is 0 Å². The van der Waals surface area contributed by atoms with Crippen LogP contribution in [0.25, 0.3) is 0 Å². The molecule has 0 amide bonds. The minimum absolute atomic E-state index is 0.548. The van der Waals surface area contributed by atoms with E-state index in [-0.39, 0.29) is 0 Å². The molecule has 92 valence electrons. The fourth-order valence-electron chi connectivity index (χ4n) is 1.81. The average molecular weight is 232 g/mol. The van der Waals surface area contributed by atoms with Gasteiger partial charge in [0.25, 0.3) is 0 Å². The first-order chi connectivity index (χ1) is 8.11. The van der Waals surface area contributed by atoms with Crippen molar-refractivity contribution in [2.24, 2.45) is 5.92 Å². The highest BCUT2D eigenvalue weighted by Crippen LogP contribution is 2.09. The van der Waals surface area contributed by atoms with E-state index in [4.69, 9.17) is 11.0 Å². The molecule has 0 aliphatic heterocycles. The van der Waals surface area contributed by atoms with Gasteiger partial charge in [-0.05, 0) is 23.6 Å². The molecule has 17 heavy (non-hydrogen) atoms. The van der Waals surface area contributed by atoms with Gasteiger partial charge in [-0.25, -0.2) is 4.98 Å². The Kier molecular flexibility index (Phi) is 5.44. The van der Waals surface area contributed by atoms with Crippen molar-refractivity contribution in [3.8, 4) is 6.07 Å². The summed E-state index contributed by atoms with van der Waals surface area (Å²) in [6.45, 7) is 6.98. The first-order valence-electron chi connectivity index (χ1n) is 5.91. The standard InChI is InChI=1S/C13H20N4/c1-11(2)9-17(7-3-5-14)10-12-4-6-16-13(15)8-12/h4,6,8,11H,3,7,9-10H2,1-2H3,(H2,15,16). The van der Waals surface area contributed by atoms with Crippen molar-refractivity contribution in [1.82, 2.24) is 9.88 Å². The fraction of sp³-hybridized carbons (Fsp3) is 0.538. The van der Waals surface area contributed by atoms with E-state index >= 15 is 0 Å². The van der Waals surface area contributed by atoms with Crippen molar-refractivity contribution in [3.05, 3.63) is 23.9 Å². The number of nitrogens with two attached hydrogens (primary N) is 1. The Labute approximate surface area is 103 Å². The second-order valence-electron chi connectivity index (χ2n) is 4.63. The van der Waals surface area contributed by atoms with Gasteiger partial charge in [0.1, 0.15) is 5.82 Å². The molecule has 0 fully saturated rings. The Morgan fingerprint density at radius 2 is 2.29 bits per heavy atom. The molecule has 1 rings (SSSR count). The monoisotopic (exact) mass is 232 g/mol. The lowest BCUT2D eigenvalue weighted by Gasteiger charge is -2.23. The van der Waals surface area contributed by atoms with Crippen molar-refractivity contribution in [2.45, 2.75) is 26.8 Å². The maximum atomic E-state index is 8.65. The highest BCUT2D eigenvalue weighted by atomic mass is 15.1. The van der Waals surface area contributed by atoms with E-state index in [2.05, 4.69) is 29.8 Å². The number of rotatable bonds is 6. The molecule has 0 bridgehead atoms. The first-order valence-corrected chi connectivity index (χ1v) is 5.91. The van der Waals surface area contributed by atoms with Crippen LogP contribution in [0.2, 0.25) is 0 Å². The van der Waals surface area contributed by atoms with E-state index < -0.39 is 0 Å². The van der Waals surface area contributed by atoms with E-state index in [1.807, 2.05) is 12.1 Å².